The van der Waals surface area contributed by atoms with Gasteiger partial charge in [0.05, 0.1) is 25.8 Å². The van der Waals surface area contributed by atoms with E-state index in [1.165, 1.54) is 22.8 Å². The van der Waals surface area contributed by atoms with Gasteiger partial charge in [0.15, 0.2) is 0 Å². The van der Waals surface area contributed by atoms with Crippen LogP contribution in [0.25, 0.3) is 21.9 Å². The first-order valence-corrected chi connectivity index (χ1v) is 9.68. The first-order valence-electron chi connectivity index (χ1n) is 9.68. The van der Waals surface area contributed by atoms with Crippen LogP contribution in [0, 0.1) is 0 Å². The molecule has 0 aliphatic carbocycles. The number of carbonyl (C=O) groups is 2. The molecule has 1 aliphatic heterocycles. The summed E-state index contributed by atoms with van der Waals surface area (Å²) in [6.07, 6.45) is 0. The number of nitrogens with zero attached hydrogens (tertiary/aromatic N) is 1. The van der Waals surface area contributed by atoms with E-state index in [1.807, 2.05) is 36.4 Å². The van der Waals surface area contributed by atoms with Crippen molar-refractivity contribution in [2.24, 2.45) is 0 Å². The number of fused-ring (bicyclic) bond motifs is 1. The van der Waals surface area contributed by atoms with Crippen molar-refractivity contribution >= 4 is 28.3 Å². The number of hydrogen-bond acceptors (Lipinski definition) is 5. The second-order valence-corrected chi connectivity index (χ2v) is 7.06. The molecular formula is C24H22N2O4. The number of methoxy groups -OCH3 is 1. The summed E-state index contributed by atoms with van der Waals surface area (Å²) in [5.41, 5.74) is 3.28. The number of β-amino-alcohol motifs (C(OH)–C–C–N with tert-alkyl or cyclic N) is 1. The number of amides is 1. The van der Waals surface area contributed by atoms with Crippen LogP contribution in [-0.2, 0) is 14.3 Å². The number of ether oxygens (including phenoxy) is 1. The molecule has 1 heterocycles. The molecule has 0 spiro atoms. The van der Waals surface area contributed by atoms with Crippen LogP contribution < -0.4 is 5.32 Å². The van der Waals surface area contributed by atoms with E-state index in [-0.39, 0.29) is 36.9 Å². The molecular weight excluding hydrogens is 380 g/mol. The van der Waals surface area contributed by atoms with E-state index >= 15 is 0 Å². The lowest BCUT2D eigenvalue weighted by atomic mass is 10.0. The number of hydrogen-bond donors (Lipinski definition) is 2. The second kappa shape index (κ2) is 8.39. The van der Waals surface area contributed by atoms with E-state index in [0.717, 1.165) is 11.1 Å². The topological polar surface area (TPSA) is 78.9 Å². The fourth-order valence-corrected chi connectivity index (χ4v) is 3.61. The predicted octanol–water partition coefficient (Wildman–Crippen LogP) is 3.18. The Labute approximate surface area is 174 Å². The molecule has 0 unspecified atom stereocenters. The summed E-state index contributed by atoms with van der Waals surface area (Å²) in [7, 11) is 1.28. The highest BCUT2D eigenvalue weighted by Gasteiger charge is 2.34. The monoisotopic (exact) mass is 402 g/mol. The van der Waals surface area contributed by atoms with Gasteiger partial charge in [-0.1, -0.05) is 48.5 Å². The van der Waals surface area contributed by atoms with Gasteiger partial charge in [0.1, 0.15) is 5.70 Å². The summed E-state index contributed by atoms with van der Waals surface area (Å²) in [5, 5.41) is 14.6. The number of esters is 1. The Bertz CT molecular complexity index is 1140. The van der Waals surface area contributed by atoms with Crippen molar-refractivity contribution < 1.29 is 19.4 Å². The fourth-order valence-electron chi connectivity index (χ4n) is 3.61. The molecule has 3 aromatic carbocycles. The molecule has 0 atom stereocenters. The zero-order chi connectivity index (χ0) is 21.1. The van der Waals surface area contributed by atoms with Gasteiger partial charge < -0.3 is 20.1 Å². The molecule has 6 heteroatoms. The first kappa shape index (κ1) is 19.7. The molecule has 30 heavy (non-hydrogen) atoms. The van der Waals surface area contributed by atoms with E-state index < -0.39 is 5.97 Å². The third-order valence-corrected chi connectivity index (χ3v) is 5.19. The van der Waals surface area contributed by atoms with Crippen LogP contribution in [-0.4, -0.2) is 48.7 Å². The molecule has 2 N–H and O–H groups in total. The van der Waals surface area contributed by atoms with E-state index in [4.69, 9.17) is 9.84 Å². The average Bonchev–Trinajstić information content (AvgIpc) is 3.09. The van der Waals surface area contributed by atoms with Crippen molar-refractivity contribution in [3.05, 3.63) is 78.0 Å². The predicted molar refractivity (Wildman–Crippen MR) is 116 cm³/mol. The zero-order valence-electron chi connectivity index (χ0n) is 16.6. The van der Waals surface area contributed by atoms with Gasteiger partial charge in [-0.15, -0.1) is 0 Å². The average molecular weight is 402 g/mol. The van der Waals surface area contributed by atoms with Crippen molar-refractivity contribution in [3.63, 3.8) is 0 Å². The van der Waals surface area contributed by atoms with Crippen LogP contribution in [0.15, 0.2) is 78.0 Å². The van der Waals surface area contributed by atoms with Crippen molar-refractivity contribution in [2.45, 2.75) is 0 Å². The van der Waals surface area contributed by atoms with Crippen LogP contribution in [0.1, 0.15) is 0 Å². The van der Waals surface area contributed by atoms with E-state index in [9.17, 15) is 9.59 Å². The molecule has 3 aromatic rings. The third kappa shape index (κ3) is 3.77. The highest BCUT2D eigenvalue weighted by atomic mass is 16.5. The minimum atomic E-state index is -0.556. The quantitative estimate of drug-likeness (QED) is 0.619. The van der Waals surface area contributed by atoms with E-state index in [0.29, 0.717) is 5.69 Å². The van der Waals surface area contributed by atoms with Crippen LogP contribution in [0.3, 0.4) is 0 Å². The summed E-state index contributed by atoms with van der Waals surface area (Å²) < 4.78 is 4.81. The van der Waals surface area contributed by atoms with Gasteiger partial charge in [-0.05, 0) is 40.1 Å². The summed E-state index contributed by atoms with van der Waals surface area (Å²) in [6, 6.07) is 22.2. The number of aliphatic hydroxyl groups is 1. The molecule has 0 saturated heterocycles. The fraction of sp³-hybridized carbons (Fsp3) is 0.167. The number of carbonyl (C=O) groups excluding carboxylic acids is 2. The van der Waals surface area contributed by atoms with Gasteiger partial charge in [-0.2, -0.15) is 0 Å². The maximum Gasteiger partial charge on any atom is 0.337 e. The Morgan fingerprint density at radius 3 is 2.43 bits per heavy atom. The molecule has 1 aliphatic rings. The molecule has 0 aromatic heterocycles. The number of benzene rings is 3. The standard InChI is InChI=1S/C24H22N2O4/c1-30-24(29)21-15-26(12-13-27)23(28)22(21)25-20-10-8-17(9-11-20)19-7-6-16-4-2-3-5-18(16)14-19/h2-11,14,25,27H,12-13,15H2,1H3. The van der Waals surface area contributed by atoms with Gasteiger partial charge in [-0.25, -0.2) is 4.79 Å². The Balaban J connectivity index is 1.58. The van der Waals surface area contributed by atoms with E-state index in [2.05, 4.69) is 35.6 Å². The molecule has 4 rings (SSSR count). The van der Waals surface area contributed by atoms with Crippen molar-refractivity contribution in [1.82, 2.24) is 4.90 Å². The number of aliphatic hydroxyl groups excluding tert-OH is 1. The molecule has 0 fully saturated rings. The lowest BCUT2D eigenvalue weighted by Gasteiger charge is -2.15. The third-order valence-electron chi connectivity index (χ3n) is 5.19. The zero-order valence-corrected chi connectivity index (χ0v) is 16.6. The van der Waals surface area contributed by atoms with Gasteiger partial charge in [0.25, 0.3) is 5.91 Å². The van der Waals surface area contributed by atoms with Crippen molar-refractivity contribution in [3.8, 4) is 11.1 Å². The normalized spacial score (nSPS) is 13.8. The smallest absolute Gasteiger partial charge is 0.337 e. The maximum atomic E-state index is 12.6. The van der Waals surface area contributed by atoms with Gasteiger partial charge in [0.2, 0.25) is 0 Å². The van der Waals surface area contributed by atoms with Gasteiger partial charge in [-0.3, -0.25) is 4.79 Å². The molecule has 152 valence electrons. The Morgan fingerprint density at radius 1 is 1.03 bits per heavy atom. The minimum Gasteiger partial charge on any atom is -0.466 e. The molecule has 6 nitrogen and oxygen atoms in total. The highest BCUT2D eigenvalue weighted by Crippen LogP contribution is 2.27. The minimum absolute atomic E-state index is 0.115. The van der Waals surface area contributed by atoms with Crippen LogP contribution in [0.2, 0.25) is 0 Å². The molecule has 0 radical (unpaired) electrons. The van der Waals surface area contributed by atoms with Crippen molar-refractivity contribution in [1.29, 1.82) is 0 Å². The SMILES string of the molecule is COC(=O)C1=C(Nc2ccc(-c3ccc4ccccc4c3)cc2)C(=O)N(CCO)C1. The lowest BCUT2D eigenvalue weighted by Crippen LogP contribution is -2.31. The highest BCUT2D eigenvalue weighted by molar-refractivity contribution is 6.08. The molecule has 1 amide bonds. The maximum absolute atomic E-state index is 12.6. The van der Waals surface area contributed by atoms with Crippen LogP contribution >= 0.6 is 0 Å². The Morgan fingerprint density at radius 2 is 1.73 bits per heavy atom. The summed E-state index contributed by atoms with van der Waals surface area (Å²) in [6.45, 7) is 0.100. The van der Waals surface area contributed by atoms with Crippen LogP contribution in [0.5, 0.6) is 0 Å². The summed E-state index contributed by atoms with van der Waals surface area (Å²) in [4.78, 5) is 26.1. The van der Waals surface area contributed by atoms with Crippen LogP contribution in [0.4, 0.5) is 5.69 Å². The number of rotatable bonds is 6. The summed E-state index contributed by atoms with van der Waals surface area (Å²) >= 11 is 0. The Hall–Kier alpha value is -3.64. The van der Waals surface area contributed by atoms with Crippen molar-refractivity contribution in [2.75, 3.05) is 32.1 Å². The summed E-state index contributed by atoms with van der Waals surface area (Å²) in [5.74, 6) is -0.887. The number of nitrogens with one attached hydrogen (secondary N) is 1. The molecule has 0 bridgehead atoms. The second-order valence-electron chi connectivity index (χ2n) is 7.06. The molecule has 0 saturated carbocycles. The first-order chi connectivity index (χ1) is 14.6. The lowest BCUT2D eigenvalue weighted by molar-refractivity contribution is -0.136. The van der Waals surface area contributed by atoms with E-state index in [1.54, 1.807) is 0 Å². The van der Waals surface area contributed by atoms with Gasteiger partial charge >= 0.3 is 5.97 Å². The largest absolute Gasteiger partial charge is 0.466 e. The number of anilines is 1. The van der Waals surface area contributed by atoms with Gasteiger partial charge in [0, 0.05) is 12.2 Å². The Kier molecular flexibility index (Phi) is 5.50.